The van der Waals surface area contributed by atoms with Crippen molar-refractivity contribution in [2.75, 3.05) is 13.2 Å². The third-order valence-corrected chi connectivity index (χ3v) is 3.72. The summed E-state index contributed by atoms with van der Waals surface area (Å²) >= 11 is 1.53. The van der Waals surface area contributed by atoms with Crippen molar-refractivity contribution >= 4 is 29.1 Å². The number of esters is 1. The minimum absolute atomic E-state index is 0.242. The molecule has 0 aliphatic rings. The summed E-state index contributed by atoms with van der Waals surface area (Å²) in [5, 5.41) is 4.57. The Balaban J connectivity index is 1.75. The first kappa shape index (κ1) is 17.5. The number of amides is 2. The first-order valence-electron chi connectivity index (χ1n) is 7.02. The van der Waals surface area contributed by atoms with Crippen LogP contribution >= 0.6 is 11.3 Å². The van der Waals surface area contributed by atoms with Crippen LogP contribution in [0.25, 0.3) is 0 Å². The Bertz CT molecular complexity index is 698. The van der Waals surface area contributed by atoms with Crippen molar-refractivity contribution in [1.82, 2.24) is 5.32 Å². The summed E-state index contributed by atoms with van der Waals surface area (Å²) < 4.78 is 10.0. The van der Waals surface area contributed by atoms with Gasteiger partial charge in [0.1, 0.15) is 5.75 Å². The van der Waals surface area contributed by atoms with Crippen molar-refractivity contribution in [3.8, 4) is 5.75 Å². The van der Waals surface area contributed by atoms with E-state index >= 15 is 0 Å². The fourth-order valence-electron chi connectivity index (χ4n) is 1.71. The molecule has 126 valence electrons. The molecular formula is C16H16N2O5S. The quantitative estimate of drug-likeness (QED) is 0.694. The molecule has 0 atom stereocenters. The topological polar surface area (TPSA) is 108 Å². The van der Waals surface area contributed by atoms with Crippen molar-refractivity contribution in [3.63, 3.8) is 0 Å². The van der Waals surface area contributed by atoms with E-state index in [4.69, 9.17) is 15.2 Å². The van der Waals surface area contributed by atoms with Gasteiger partial charge < -0.3 is 20.5 Å². The SMILES string of the molecule is NC(=O)COc1ccc(C(=O)OCC(=O)NCc2cccs2)cc1. The molecule has 1 heterocycles. The van der Waals surface area contributed by atoms with Crippen molar-refractivity contribution in [2.24, 2.45) is 5.73 Å². The normalized spacial score (nSPS) is 10.0. The molecule has 1 aromatic carbocycles. The summed E-state index contributed by atoms with van der Waals surface area (Å²) in [6, 6.07) is 9.76. The predicted molar refractivity (Wildman–Crippen MR) is 87.6 cm³/mol. The number of nitrogens with one attached hydrogen (secondary N) is 1. The van der Waals surface area contributed by atoms with Gasteiger partial charge in [-0.1, -0.05) is 6.07 Å². The zero-order valence-electron chi connectivity index (χ0n) is 12.7. The maximum atomic E-state index is 11.8. The Kier molecular flexibility index (Phi) is 6.32. The molecule has 0 aliphatic carbocycles. The van der Waals surface area contributed by atoms with Crippen LogP contribution in [-0.4, -0.2) is 31.0 Å². The van der Waals surface area contributed by atoms with Crippen molar-refractivity contribution < 1.29 is 23.9 Å². The van der Waals surface area contributed by atoms with Crippen LogP contribution in [0.4, 0.5) is 0 Å². The van der Waals surface area contributed by atoms with Gasteiger partial charge in [-0.15, -0.1) is 11.3 Å². The summed E-state index contributed by atoms with van der Waals surface area (Å²) in [6.07, 6.45) is 0. The van der Waals surface area contributed by atoms with E-state index in [2.05, 4.69) is 5.32 Å². The molecule has 2 rings (SSSR count). The average Bonchev–Trinajstić information content (AvgIpc) is 3.10. The minimum Gasteiger partial charge on any atom is -0.484 e. The van der Waals surface area contributed by atoms with E-state index in [1.165, 1.54) is 35.6 Å². The Morgan fingerprint density at radius 1 is 1.08 bits per heavy atom. The van der Waals surface area contributed by atoms with Crippen LogP contribution in [0.15, 0.2) is 41.8 Å². The second-order valence-corrected chi connectivity index (χ2v) is 5.74. The van der Waals surface area contributed by atoms with Gasteiger partial charge in [-0.3, -0.25) is 9.59 Å². The Morgan fingerprint density at radius 2 is 1.83 bits per heavy atom. The van der Waals surface area contributed by atoms with E-state index in [-0.39, 0.29) is 24.7 Å². The van der Waals surface area contributed by atoms with E-state index in [0.717, 1.165) is 4.88 Å². The maximum Gasteiger partial charge on any atom is 0.338 e. The summed E-state index contributed by atoms with van der Waals surface area (Å²) in [6.45, 7) is -0.196. The van der Waals surface area contributed by atoms with E-state index in [9.17, 15) is 14.4 Å². The molecule has 3 N–H and O–H groups in total. The molecule has 0 saturated carbocycles. The fourth-order valence-corrected chi connectivity index (χ4v) is 2.35. The lowest BCUT2D eigenvalue weighted by Crippen LogP contribution is -2.28. The molecule has 0 saturated heterocycles. The zero-order valence-corrected chi connectivity index (χ0v) is 13.5. The lowest BCUT2D eigenvalue weighted by molar-refractivity contribution is -0.124. The molecule has 0 fully saturated rings. The molecule has 24 heavy (non-hydrogen) atoms. The van der Waals surface area contributed by atoms with Crippen LogP contribution in [0, 0.1) is 0 Å². The van der Waals surface area contributed by atoms with Crippen LogP contribution in [0.3, 0.4) is 0 Å². The molecule has 0 bridgehead atoms. The van der Waals surface area contributed by atoms with Crippen molar-refractivity contribution in [3.05, 3.63) is 52.2 Å². The number of carbonyl (C=O) groups excluding carboxylic acids is 3. The van der Waals surface area contributed by atoms with E-state index in [1.807, 2.05) is 17.5 Å². The molecule has 7 nitrogen and oxygen atoms in total. The molecule has 1 aromatic heterocycles. The number of rotatable bonds is 8. The van der Waals surface area contributed by atoms with Gasteiger partial charge in [-0.05, 0) is 35.7 Å². The Labute approximate surface area is 142 Å². The van der Waals surface area contributed by atoms with Crippen molar-refractivity contribution in [1.29, 1.82) is 0 Å². The van der Waals surface area contributed by atoms with Gasteiger partial charge >= 0.3 is 5.97 Å². The monoisotopic (exact) mass is 348 g/mol. The van der Waals surface area contributed by atoms with Gasteiger partial charge in [-0.2, -0.15) is 0 Å². The minimum atomic E-state index is -0.622. The van der Waals surface area contributed by atoms with Crippen LogP contribution in [-0.2, 0) is 20.9 Å². The highest BCUT2D eigenvalue weighted by atomic mass is 32.1. The molecule has 0 aliphatic heterocycles. The number of nitrogens with two attached hydrogens (primary N) is 1. The van der Waals surface area contributed by atoms with Gasteiger partial charge in [-0.25, -0.2) is 4.79 Å². The standard InChI is InChI=1S/C16H16N2O5S/c17-14(19)9-22-12-5-3-11(4-6-12)16(21)23-10-15(20)18-8-13-2-1-7-24-13/h1-7H,8-10H2,(H2,17,19)(H,18,20). The van der Waals surface area contributed by atoms with Gasteiger partial charge in [0.25, 0.3) is 11.8 Å². The largest absolute Gasteiger partial charge is 0.484 e. The van der Waals surface area contributed by atoms with Gasteiger partial charge in [0.15, 0.2) is 13.2 Å². The predicted octanol–water partition coefficient (Wildman–Crippen LogP) is 1.09. The smallest absolute Gasteiger partial charge is 0.338 e. The highest BCUT2D eigenvalue weighted by Gasteiger charge is 2.10. The zero-order chi connectivity index (χ0) is 17.4. The number of thiophene rings is 1. The van der Waals surface area contributed by atoms with E-state index < -0.39 is 11.9 Å². The highest BCUT2D eigenvalue weighted by molar-refractivity contribution is 7.09. The molecule has 2 aromatic rings. The van der Waals surface area contributed by atoms with Gasteiger partial charge in [0.05, 0.1) is 12.1 Å². The molecule has 0 radical (unpaired) electrons. The van der Waals surface area contributed by atoms with Crippen molar-refractivity contribution in [2.45, 2.75) is 6.54 Å². The van der Waals surface area contributed by atoms with Gasteiger partial charge in [0, 0.05) is 4.88 Å². The van der Waals surface area contributed by atoms with Crippen LogP contribution in [0.5, 0.6) is 5.75 Å². The van der Waals surface area contributed by atoms with Crippen LogP contribution in [0.1, 0.15) is 15.2 Å². The highest BCUT2D eigenvalue weighted by Crippen LogP contribution is 2.13. The number of benzene rings is 1. The molecule has 2 amide bonds. The first-order chi connectivity index (χ1) is 11.5. The van der Waals surface area contributed by atoms with Crippen LogP contribution in [0.2, 0.25) is 0 Å². The summed E-state index contributed by atoms with van der Waals surface area (Å²) in [5.41, 5.74) is 5.24. The lowest BCUT2D eigenvalue weighted by atomic mass is 10.2. The Hall–Kier alpha value is -2.87. The van der Waals surface area contributed by atoms with Gasteiger partial charge in [0.2, 0.25) is 0 Å². The molecular weight excluding hydrogens is 332 g/mol. The second-order valence-electron chi connectivity index (χ2n) is 4.71. The van der Waals surface area contributed by atoms with E-state index in [1.54, 1.807) is 0 Å². The lowest BCUT2D eigenvalue weighted by Gasteiger charge is -2.07. The number of primary amides is 1. The first-order valence-corrected chi connectivity index (χ1v) is 7.90. The maximum absolute atomic E-state index is 11.8. The second kappa shape index (κ2) is 8.68. The number of ether oxygens (including phenoxy) is 2. The third kappa shape index (κ3) is 5.73. The average molecular weight is 348 g/mol. The fraction of sp³-hybridized carbons (Fsp3) is 0.188. The summed E-state index contributed by atoms with van der Waals surface area (Å²) in [5.74, 6) is -1.19. The third-order valence-electron chi connectivity index (χ3n) is 2.85. The summed E-state index contributed by atoms with van der Waals surface area (Å²) in [4.78, 5) is 35.1. The molecule has 0 unspecified atom stereocenters. The molecule has 8 heteroatoms. The Morgan fingerprint density at radius 3 is 2.46 bits per heavy atom. The number of hydrogen-bond acceptors (Lipinski definition) is 6. The number of carbonyl (C=O) groups is 3. The molecule has 0 spiro atoms. The van der Waals surface area contributed by atoms with Crippen LogP contribution < -0.4 is 15.8 Å². The summed E-state index contributed by atoms with van der Waals surface area (Å²) in [7, 11) is 0. The van der Waals surface area contributed by atoms with E-state index in [0.29, 0.717) is 12.3 Å². The number of hydrogen-bond donors (Lipinski definition) is 2.